The third-order valence-corrected chi connectivity index (χ3v) is 3.58. The quantitative estimate of drug-likeness (QED) is 0.868. The van der Waals surface area contributed by atoms with Crippen LogP contribution in [0.1, 0.15) is 12.0 Å². The van der Waals surface area contributed by atoms with E-state index in [0.29, 0.717) is 6.42 Å². The molecule has 0 N–H and O–H groups in total. The lowest BCUT2D eigenvalue weighted by Crippen LogP contribution is -2.28. The van der Waals surface area contributed by atoms with Crippen LogP contribution in [0.15, 0.2) is 41.0 Å². The maximum Gasteiger partial charge on any atom is 0.228 e. The average Bonchev–Trinajstić information content (AvgIpc) is 2.83. The molecule has 0 fully saturated rings. The van der Waals surface area contributed by atoms with E-state index in [1.165, 1.54) is 0 Å². The predicted octanol–water partition coefficient (Wildman–Crippen LogP) is 2.78. The number of hydrogen-bond acceptors (Lipinski definition) is 2. The highest BCUT2D eigenvalue weighted by Gasteiger charge is 2.13. The van der Waals surface area contributed by atoms with Crippen LogP contribution in [0.5, 0.6) is 0 Å². The number of aryl methyl sites for hydroxylation is 2. The second-order valence-corrected chi connectivity index (χ2v) is 5.31. The van der Waals surface area contributed by atoms with Gasteiger partial charge >= 0.3 is 0 Å². The van der Waals surface area contributed by atoms with Crippen molar-refractivity contribution in [1.29, 1.82) is 0 Å². The number of aromatic nitrogens is 2. The maximum atomic E-state index is 12.1. The number of benzene rings is 1. The summed E-state index contributed by atoms with van der Waals surface area (Å²) in [5.74, 6) is 0.896. The van der Waals surface area contributed by atoms with Crippen LogP contribution in [-0.2, 0) is 18.3 Å². The van der Waals surface area contributed by atoms with Gasteiger partial charge in [-0.3, -0.25) is 9.48 Å². The Bertz CT molecular complexity index is 562. The molecule has 0 atom stereocenters. The minimum Gasteiger partial charge on any atom is -0.300 e. The van der Waals surface area contributed by atoms with Crippen LogP contribution >= 0.6 is 15.9 Å². The van der Waals surface area contributed by atoms with Crippen molar-refractivity contribution in [2.24, 2.45) is 7.05 Å². The summed E-state index contributed by atoms with van der Waals surface area (Å²) in [4.78, 5) is 13.8. The topological polar surface area (TPSA) is 38.1 Å². The average molecular weight is 322 g/mol. The van der Waals surface area contributed by atoms with Gasteiger partial charge in [-0.05, 0) is 24.1 Å². The molecule has 1 heterocycles. The van der Waals surface area contributed by atoms with Crippen LogP contribution in [0, 0.1) is 0 Å². The molecule has 1 aromatic carbocycles. The van der Waals surface area contributed by atoms with Gasteiger partial charge in [0, 0.05) is 31.1 Å². The van der Waals surface area contributed by atoms with E-state index in [1.54, 1.807) is 22.8 Å². The maximum absolute atomic E-state index is 12.1. The minimum absolute atomic E-state index is 0.0894. The summed E-state index contributed by atoms with van der Waals surface area (Å²) >= 11 is 3.40. The Morgan fingerprint density at radius 3 is 2.58 bits per heavy atom. The highest BCUT2D eigenvalue weighted by Crippen LogP contribution is 2.14. The zero-order chi connectivity index (χ0) is 13.8. The van der Waals surface area contributed by atoms with Gasteiger partial charge in [0.2, 0.25) is 5.91 Å². The summed E-state index contributed by atoms with van der Waals surface area (Å²) < 4.78 is 2.74. The second kappa shape index (κ2) is 6.02. The predicted molar refractivity (Wildman–Crippen MR) is 79.1 cm³/mol. The highest BCUT2D eigenvalue weighted by molar-refractivity contribution is 9.10. The van der Waals surface area contributed by atoms with Crippen molar-refractivity contribution in [2.45, 2.75) is 12.8 Å². The molecule has 5 heteroatoms. The standard InChI is InChI=1S/C14H16BrN3O/c1-17(13-9-10-16-18(13)2)14(19)8-5-11-3-6-12(15)7-4-11/h3-4,6-7,9-10H,5,8H2,1-2H3. The van der Waals surface area contributed by atoms with Crippen molar-refractivity contribution < 1.29 is 4.79 Å². The van der Waals surface area contributed by atoms with Gasteiger partial charge in [-0.1, -0.05) is 28.1 Å². The summed E-state index contributed by atoms with van der Waals surface area (Å²) in [6.07, 6.45) is 2.92. The number of carbonyl (C=O) groups is 1. The lowest BCUT2D eigenvalue weighted by Gasteiger charge is -2.16. The molecule has 1 aromatic heterocycles. The van der Waals surface area contributed by atoms with Gasteiger partial charge in [-0.2, -0.15) is 5.10 Å². The first-order valence-corrected chi connectivity index (χ1v) is 6.86. The van der Waals surface area contributed by atoms with Crippen molar-refractivity contribution in [3.05, 3.63) is 46.6 Å². The van der Waals surface area contributed by atoms with Crippen LogP contribution in [0.25, 0.3) is 0 Å². The van der Waals surface area contributed by atoms with Crippen LogP contribution in [-0.4, -0.2) is 22.7 Å². The van der Waals surface area contributed by atoms with E-state index in [-0.39, 0.29) is 5.91 Å². The van der Waals surface area contributed by atoms with Crippen LogP contribution in [0.2, 0.25) is 0 Å². The molecule has 100 valence electrons. The molecule has 0 bridgehead atoms. The molecule has 0 aliphatic carbocycles. The molecule has 0 saturated carbocycles. The molecule has 2 rings (SSSR count). The largest absolute Gasteiger partial charge is 0.300 e. The number of nitrogens with zero attached hydrogens (tertiary/aromatic N) is 3. The van der Waals surface area contributed by atoms with Gasteiger partial charge in [0.15, 0.2) is 0 Å². The Kier molecular flexibility index (Phi) is 4.37. The van der Waals surface area contributed by atoms with E-state index in [0.717, 1.165) is 22.3 Å². The van der Waals surface area contributed by atoms with Crippen molar-refractivity contribution in [1.82, 2.24) is 9.78 Å². The van der Waals surface area contributed by atoms with E-state index in [9.17, 15) is 4.79 Å². The van der Waals surface area contributed by atoms with Gasteiger partial charge in [0.25, 0.3) is 0 Å². The zero-order valence-corrected chi connectivity index (χ0v) is 12.6. The zero-order valence-electron chi connectivity index (χ0n) is 11.0. The van der Waals surface area contributed by atoms with Crippen molar-refractivity contribution >= 4 is 27.7 Å². The van der Waals surface area contributed by atoms with E-state index < -0.39 is 0 Å². The molecule has 4 nitrogen and oxygen atoms in total. The second-order valence-electron chi connectivity index (χ2n) is 4.39. The van der Waals surface area contributed by atoms with Crippen molar-refractivity contribution in [3.63, 3.8) is 0 Å². The molecule has 1 amide bonds. The Hall–Kier alpha value is -1.62. The van der Waals surface area contributed by atoms with E-state index in [4.69, 9.17) is 0 Å². The fraction of sp³-hybridized carbons (Fsp3) is 0.286. The number of carbonyl (C=O) groups excluding carboxylic acids is 1. The summed E-state index contributed by atoms with van der Waals surface area (Å²) in [7, 11) is 3.61. The lowest BCUT2D eigenvalue weighted by molar-refractivity contribution is -0.118. The first-order valence-electron chi connectivity index (χ1n) is 6.07. The molecule has 0 aliphatic rings. The lowest BCUT2D eigenvalue weighted by atomic mass is 10.1. The van der Waals surface area contributed by atoms with E-state index in [1.807, 2.05) is 37.4 Å². The number of halogens is 1. The normalized spacial score (nSPS) is 10.5. The molecular formula is C14H16BrN3O. The first kappa shape index (κ1) is 13.8. The molecule has 0 aliphatic heterocycles. The molecular weight excluding hydrogens is 306 g/mol. The third-order valence-electron chi connectivity index (χ3n) is 3.05. The monoisotopic (exact) mass is 321 g/mol. The summed E-state index contributed by atoms with van der Waals surface area (Å²) in [5, 5.41) is 4.07. The molecule has 19 heavy (non-hydrogen) atoms. The van der Waals surface area contributed by atoms with Gasteiger partial charge in [0.1, 0.15) is 5.82 Å². The Labute approximate surface area is 121 Å². The van der Waals surface area contributed by atoms with Crippen LogP contribution in [0.3, 0.4) is 0 Å². The summed E-state index contributed by atoms with van der Waals surface area (Å²) in [5.41, 5.74) is 1.16. The molecule has 2 aromatic rings. The SMILES string of the molecule is CN(C(=O)CCc1ccc(Br)cc1)c1ccnn1C. The van der Waals surface area contributed by atoms with E-state index in [2.05, 4.69) is 21.0 Å². The smallest absolute Gasteiger partial charge is 0.228 e. The molecule has 0 saturated heterocycles. The van der Waals surface area contributed by atoms with Crippen LogP contribution < -0.4 is 4.90 Å². The van der Waals surface area contributed by atoms with Crippen molar-refractivity contribution in [2.75, 3.05) is 11.9 Å². The third kappa shape index (κ3) is 3.44. The fourth-order valence-electron chi connectivity index (χ4n) is 1.89. The van der Waals surface area contributed by atoms with Crippen LogP contribution in [0.4, 0.5) is 5.82 Å². The van der Waals surface area contributed by atoms with Gasteiger partial charge in [0.05, 0.1) is 6.20 Å². The highest BCUT2D eigenvalue weighted by atomic mass is 79.9. The molecule has 0 spiro atoms. The summed E-state index contributed by atoms with van der Waals surface area (Å²) in [6, 6.07) is 9.87. The van der Waals surface area contributed by atoms with Gasteiger partial charge in [-0.15, -0.1) is 0 Å². The van der Waals surface area contributed by atoms with Crippen molar-refractivity contribution in [3.8, 4) is 0 Å². The fourth-order valence-corrected chi connectivity index (χ4v) is 2.16. The first-order chi connectivity index (χ1) is 9.08. The summed E-state index contributed by atoms with van der Waals surface area (Å²) in [6.45, 7) is 0. The molecule has 0 unspecified atom stereocenters. The molecule has 0 radical (unpaired) electrons. The number of anilines is 1. The Morgan fingerprint density at radius 1 is 1.32 bits per heavy atom. The number of rotatable bonds is 4. The van der Waals surface area contributed by atoms with Gasteiger partial charge < -0.3 is 4.90 Å². The number of hydrogen-bond donors (Lipinski definition) is 0. The van der Waals surface area contributed by atoms with Gasteiger partial charge in [-0.25, -0.2) is 0 Å². The minimum atomic E-state index is 0.0894. The number of amides is 1. The van der Waals surface area contributed by atoms with E-state index >= 15 is 0 Å². The Morgan fingerprint density at radius 2 is 2.00 bits per heavy atom. The Balaban J connectivity index is 1.94.